The summed E-state index contributed by atoms with van der Waals surface area (Å²) >= 11 is 6.21. The molecule has 0 radical (unpaired) electrons. The smallest absolute Gasteiger partial charge is 0.221 e. The molecule has 0 aliphatic carbocycles. The summed E-state index contributed by atoms with van der Waals surface area (Å²) in [5.41, 5.74) is 2.65. The lowest BCUT2D eigenvalue weighted by Crippen LogP contribution is -2.30. The first-order chi connectivity index (χ1) is 9.88. The van der Waals surface area contributed by atoms with E-state index in [1.807, 2.05) is 38.3 Å². The number of carbonyl (C=O) groups is 1. The van der Waals surface area contributed by atoms with Crippen molar-refractivity contribution in [1.82, 2.24) is 19.9 Å². The van der Waals surface area contributed by atoms with Gasteiger partial charge in [-0.05, 0) is 39.3 Å². The van der Waals surface area contributed by atoms with Crippen LogP contribution < -0.4 is 5.32 Å². The first-order valence-corrected chi connectivity index (χ1v) is 7.58. The number of hydrogen-bond acceptors (Lipinski definition) is 3. The van der Waals surface area contributed by atoms with E-state index in [0.717, 1.165) is 22.6 Å². The molecule has 1 amide bonds. The first kappa shape index (κ1) is 15.8. The molecular weight excluding hydrogens is 288 g/mol. The maximum Gasteiger partial charge on any atom is 0.221 e. The monoisotopic (exact) mass is 308 g/mol. The molecule has 0 bridgehead atoms. The molecule has 114 valence electrons. The Bertz CT molecular complexity index is 648. The summed E-state index contributed by atoms with van der Waals surface area (Å²) in [6, 6.07) is 2.12. The molecule has 2 aromatic heterocycles. The van der Waals surface area contributed by atoms with E-state index in [1.54, 1.807) is 6.20 Å². The zero-order chi connectivity index (χ0) is 15.6. The zero-order valence-electron chi connectivity index (χ0n) is 12.9. The second-order valence-corrected chi connectivity index (χ2v) is 6.22. The van der Waals surface area contributed by atoms with Gasteiger partial charge in [-0.15, -0.1) is 11.6 Å². The molecule has 5 nitrogen and oxygen atoms in total. The van der Waals surface area contributed by atoms with Crippen molar-refractivity contribution >= 4 is 28.7 Å². The van der Waals surface area contributed by atoms with Gasteiger partial charge in [0.2, 0.25) is 5.91 Å². The minimum atomic E-state index is -0.229. The van der Waals surface area contributed by atoms with Gasteiger partial charge in [0.05, 0.1) is 5.38 Å². The van der Waals surface area contributed by atoms with Crippen molar-refractivity contribution < 1.29 is 4.79 Å². The van der Waals surface area contributed by atoms with Crippen LogP contribution in [0.5, 0.6) is 0 Å². The fourth-order valence-corrected chi connectivity index (χ4v) is 2.43. The highest BCUT2D eigenvalue weighted by molar-refractivity contribution is 6.20. The largest absolute Gasteiger partial charge is 0.354 e. The van der Waals surface area contributed by atoms with Gasteiger partial charge < -0.3 is 9.88 Å². The highest BCUT2D eigenvalue weighted by Gasteiger charge is 2.17. The molecule has 0 fully saturated rings. The Hall–Kier alpha value is -1.62. The minimum Gasteiger partial charge on any atom is -0.354 e. The van der Waals surface area contributed by atoms with Crippen LogP contribution in [0.3, 0.4) is 0 Å². The van der Waals surface area contributed by atoms with E-state index in [9.17, 15) is 4.79 Å². The van der Waals surface area contributed by atoms with Gasteiger partial charge in [-0.2, -0.15) is 0 Å². The van der Waals surface area contributed by atoms with Gasteiger partial charge in [-0.1, -0.05) is 0 Å². The second-order valence-electron chi connectivity index (χ2n) is 5.57. The number of imidazole rings is 1. The lowest BCUT2D eigenvalue weighted by molar-refractivity contribution is -0.121. The quantitative estimate of drug-likeness (QED) is 0.864. The molecule has 0 aliphatic rings. The second kappa shape index (κ2) is 6.43. The van der Waals surface area contributed by atoms with Gasteiger partial charge in [0.15, 0.2) is 5.65 Å². The van der Waals surface area contributed by atoms with Crippen LogP contribution in [0.15, 0.2) is 12.3 Å². The Balaban J connectivity index is 2.28. The molecule has 0 aromatic carbocycles. The normalized spacial score (nSPS) is 12.9. The molecule has 2 aromatic rings. The maximum absolute atomic E-state index is 11.8. The zero-order valence-corrected chi connectivity index (χ0v) is 13.6. The Morgan fingerprint density at radius 1 is 1.43 bits per heavy atom. The average molecular weight is 309 g/mol. The van der Waals surface area contributed by atoms with E-state index >= 15 is 0 Å². The molecule has 1 atom stereocenters. The highest BCUT2D eigenvalue weighted by Crippen LogP contribution is 2.24. The number of aromatic nitrogens is 3. The lowest BCUT2D eigenvalue weighted by Gasteiger charge is -2.11. The van der Waals surface area contributed by atoms with Crippen molar-refractivity contribution in [1.29, 1.82) is 0 Å². The summed E-state index contributed by atoms with van der Waals surface area (Å²) in [5, 5.41) is 2.66. The Morgan fingerprint density at radius 3 is 2.76 bits per heavy atom. The van der Waals surface area contributed by atoms with Gasteiger partial charge >= 0.3 is 0 Å². The maximum atomic E-state index is 11.8. The molecule has 1 unspecified atom stereocenters. The number of fused-ring (bicyclic) bond motifs is 1. The van der Waals surface area contributed by atoms with Crippen molar-refractivity contribution in [2.45, 2.75) is 52.1 Å². The Kier molecular flexibility index (Phi) is 4.83. The number of aryl methyl sites for hydroxylation is 2. The van der Waals surface area contributed by atoms with Gasteiger partial charge in [0.1, 0.15) is 11.3 Å². The van der Waals surface area contributed by atoms with Crippen LogP contribution in [0.4, 0.5) is 0 Å². The number of pyridine rings is 1. The van der Waals surface area contributed by atoms with E-state index in [-0.39, 0.29) is 17.3 Å². The summed E-state index contributed by atoms with van der Waals surface area (Å²) < 4.78 is 1.94. The standard InChI is InChI=1S/C15H21ClN4O/c1-9(2)18-13(21)5-6-20-14(11(4)16)19-12-7-10(3)8-17-15(12)20/h7-9,11H,5-6H2,1-4H3,(H,18,21). The van der Waals surface area contributed by atoms with E-state index in [0.29, 0.717) is 13.0 Å². The summed E-state index contributed by atoms with van der Waals surface area (Å²) in [5.74, 6) is 0.772. The highest BCUT2D eigenvalue weighted by atomic mass is 35.5. The number of nitrogens with zero attached hydrogens (tertiary/aromatic N) is 3. The minimum absolute atomic E-state index is 0.0205. The van der Waals surface area contributed by atoms with Crippen molar-refractivity contribution in [2.75, 3.05) is 0 Å². The number of amides is 1. The fourth-order valence-electron chi connectivity index (χ4n) is 2.26. The lowest BCUT2D eigenvalue weighted by atomic mass is 10.3. The predicted molar refractivity (Wildman–Crippen MR) is 84.4 cm³/mol. The average Bonchev–Trinajstić information content (AvgIpc) is 2.73. The van der Waals surface area contributed by atoms with Crippen molar-refractivity contribution in [3.05, 3.63) is 23.7 Å². The van der Waals surface area contributed by atoms with Gasteiger partial charge in [0, 0.05) is 25.2 Å². The van der Waals surface area contributed by atoms with E-state index in [2.05, 4.69) is 15.3 Å². The molecule has 2 rings (SSSR count). The number of carbonyl (C=O) groups excluding carboxylic acids is 1. The predicted octanol–water partition coefficient (Wildman–Crippen LogP) is 2.95. The van der Waals surface area contributed by atoms with Gasteiger partial charge in [-0.3, -0.25) is 4.79 Å². The van der Waals surface area contributed by atoms with Crippen LogP contribution in [0.1, 0.15) is 44.0 Å². The third kappa shape index (κ3) is 3.73. The van der Waals surface area contributed by atoms with Crippen LogP contribution in [0.25, 0.3) is 11.2 Å². The van der Waals surface area contributed by atoms with Crippen molar-refractivity contribution in [3.63, 3.8) is 0 Å². The topological polar surface area (TPSA) is 59.8 Å². The molecule has 21 heavy (non-hydrogen) atoms. The molecular formula is C15H21ClN4O. The number of alkyl halides is 1. The van der Waals surface area contributed by atoms with Crippen molar-refractivity contribution in [2.24, 2.45) is 0 Å². The van der Waals surface area contributed by atoms with Crippen LogP contribution in [0, 0.1) is 6.92 Å². The summed E-state index contributed by atoms with van der Waals surface area (Å²) in [4.78, 5) is 20.8. The first-order valence-electron chi connectivity index (χ1n) is 7.14. The molecule has 2 heterocycles. The van der Waals surface area contributed by atoms with Crippen molar-refractivity contribution in [3.8, 4) is 0 Å². The Morgan fingerprint density at radius 2 is 2.14 bits per heavy atom. The number of rotatable bonds is 5. The SMILES string of the molecule is Cc1cnc2c(c1)nc(C(C)Cl)n2CCC(=O)NC(C)C. The molecule has 0 spiro atoms. The third-order valence-corrected chi connectivity index (χ3v) is 3.31. The number of nitrogens with one attached hydrogen (secondary N) is 1. The summed E-state index contributed by atoms with van der Waals surface area (Å²) in [6.45, 7) is 8.27. The van der Waals surface area contributed by atoms with E-state index in [1.165, 1.54) is 0 Å². The van der Waals surface area contributed by atoms with Crippen LogP contribution in [-0.4, -0.2) is 26.5 Å². The number of halogens is 1. The third-order valence-electron chi connectivity index (χ3n) is 3.12. The summed E-state index contributed by atoms with van der Waals surface area (Å²) in [7, 11) is 0. The van der Waals surface area contributed by atoms with Gasteiger partial charge in [-0.25, -0.2) is 9.97 Å². The molecule has 0 saturated carbocycles. The fraction of sp³-hybridized carbons (Fsp3) is 0.533. The van der Waals surface area contributed by atoms with E-state index in [4.69, 9.17) is 11.6 Å². The van der Waals surface area contributed by atoms with Crippen LogP contribution in [0.2, 0.25) is 0 Å². The molecule has 0 saturated heterocycles. The molecule has 6 heteroatoms. The summed E-state index contributed by atoms with van der Waals surface area (Å²) in [6.07, 6.45) is 2.19. The van der Waals surface area contributed by atoms with Gasteiger partial charge in [0.25, 0.3) is 0 Å². The van der Waals surface area contributed by atoms with E-state index < -0.39 is 0 Å². The Labute approximate surface area is 129 Å². The molecule has 1 N–H and O–H groups in total. The van der Waals surface area contributed by atoms with Crippen LogP contribution in [-0.2, 0) is 11.3 Å². The van der Waals surface area contributed by atoms with Crippen LogP contribution >= 0.6 is 11.6 Å². The molecule has 0 aliphatic heterocycles. The number of hydrogen-bond donors (Lipinski definition) is 1.